The number of aromatic nitrogens is 2. The molecule has 4 rings (SSSR count). The van der Waals surface area contributed by atoms with E-state index in [2.05, 4.69) is 4.98 Å². The summed E-state index contributed by atoms with van der Waals surface area (Å²) in [6.45, 7) is 4.04. The van der Waals surface area contributed by atoms with Gasteiger partial charge in [0.05, 0.1) is 22.9 Å². The van der Waals surface area contributed by atoms with Gasteiger partial charge in [-0.25, -0.2) is 4.98 Å². The Hall–Kier alpha value is -2.79. The second-order valence-electron chi connectivity index (χ2n) is 6.59. The number of para-hydroxylation sites is 1. The van der Waals surface area contributed by atoms with Crippen LogP contribution in [0.15, 0.2) is 54.9 Å². The molecule has 1 aliphatic rings. The molecule has 0 spiro atoms. The molecule has 3 heterocycles. The van der Waals surface area contributed by atoms with Crippen molar-refractivity contribution in [2.75, 3.05) is 19.7 Å². The molecular weight excluding hydrogens is 326 g/mol. The van der Waals surface area contributed by atoms with Gasteiger partial charge in [0.15, 0.2) is 0 Å². The summed E-state index contributed by atoms with van der Waals surface area (Å²) in [6.07, 6.45) is 4.38. The SMILES string of the molecule is C[C@@H]1CN(C(=O)c2cc(-c3ccncc3)nc3ccccc23)CCCO1. The average molecular weight is 347 g/mol. The summed E-state index contributed by atoms with van der Waals surface area (Å²) in [7, 11) is 0. The van der Waals surface area contributed by atoms with E-state index in [9.17, 15) is 4.79 Å². The maximum absolute atomic E-state index is 13.3. The molecule has 0 N–H and O–H groups in total. The number of carbonyl (C=O) groups is 1. The van der Waals surface area contributed by atoms with Crippen molar-refractivity contribution in [1.29, 1.82) is 0 Å². The summed E-state index contributed by atoms with van der Waals surface area (Å²) in [6, 6.07) is 13.5. The third-order valence-electron chi connectivity index (χ3n) is 4.66. The van der Waals surface area contributed by atoms with Crippen LogP contribution in [-0.2, 0) is 4.74 Å². The molecule has 1 amide bonds. The molecule has 0 radical (unpaired) electrons. The first-order chi connectivity index (χ1) is 12.7. The van der Waals surface area contributed by atoms with Gasteiger partial charge in [-0.05, 0) is 37.6 Å². The van der Waals surface area contributed by atoms with Gasteiger partial charge in [0.25, 0.3) is 5.91 Å². The molecule has 1 atom stereocenters. The van der Waals surface area contributed by atoms with Crippen LogP contribution in [0.4, 0.5) is 0 Å². The summed E-state index contributed by atoms with van der Waals surface area (Å²) in [5.74, 6) is 0.0382. The maximum atomic E-state index is 13.3. The van der Waals surface area contributed by atoms with E-state index in [0.717, 1.165) is 28.6 Å². The Morgan fingerprint density at radius 1 is 1.19 bits per heavy atom. The van der Waals surface area contributed by atoms with Gasteiger partial charge in [0.1, 0.15) is 0 Å². The number of amides is 1. The minimum Gasteiger partial charge on any atom is -0.377 e. The van der Waals surface area contributed by atoms with Gasteiger partial charge in [-0.15, -0.1) is 0 Å². The zero-order valence-corrected chi connectivity index (χ0v) is 14.8. The third-order valence-corrected chi connectivity index (χ3v) is 4.66. The van der Waals surface area contributed by atoms with E-state index in [0.29, 0.717) is 25.3 Å². The monoisotopic (exact) mass is 347 g/mol. The number of ether oxygens (including phenoxy) is 1. The zero-order chi connectivity index (χ0) is 17.9. The van der Waals surface area contributed by atoms with Crippen LogP contribution in [0.5, 0.6) is 0 Å². The predicted octanol–water partition coefficient (Wildman–Crippen LogP) is 3.55. The lowest BCUT2D eigenvalue weighted by Gasteiger charge is -2.23. The summed E-state index contributed by atoms with van der Waals surface area (Å²) < 4.78 is 5.69. The molecule has 0 bridgehead atoms. The predicted molar refractivity (Wildman–Crippen MR) is 101 cm³/mol. The molecule has 0 saturated carbocycles. The van der Waals surface area contributed by atoms with Crippen molar-refractivity contribution in [2.45, 2.75) is 19.4 Å². The van der Waals surface area contributed by atoms with Crippen LogP contribution in [0.2, 0.25) is 0 Å². The fourth-order valence-electron chi connectivity index (χ4n) is 3.37. The van der Waals surface area contributed by atoms with Gasteiger partial charge < -0.3 is 9.64 Å². The highest BCUT2D eigenvalue weighted by molar-refractivity contribution is 6.07. The molecule has 1 aromatic carbocycles. The van der Waals surface area contributed by atoms with Gasteiger partial charge in [0, 0.05) is 43.0 Å². The quantitative estimate of drug-likeness (QED) is 0.711. The van der Waals surface area contributed by atoms with Crippen LogP contribution in [0, 0.1) is 0 Å². The second kappa shape index (κ2) is 7.22. The van der Waals surface area contributed by atoms with Gasteiger partial charge in [-0.2, -0.15) is 0 Å². The highest BCUT2D eigenvalue weighted by Crippen LogP contribution is 2.26. The molecule has 5 heteroatoms. The van der Waals surface area contributed by atoms with Crippen molar-refractivity contribution < 1.29 is 9.53 Å². The first-order valence-corrected chi connectivity index (χ1v) is 8.93. The van der Waals surface area contributed by atoms with Crippen LogP contribution >= 0.6 is 0 Å². The molecule has 2 aromatic heterocycles. The molecule has 0 aliphatic carbocycles. The lowest BCUT2D eigenvalue weighted by molar-refractivity contribution is 0.0564. The Bertz CT molecular complexity index is 927. The molecule has 26 heavy (non-hydrogen) atoms. The molecular formula is C21H21N3O2. The van der Waals surface area contributed by atoms with Crippen LogP contribution in [0.1, 0.15) is 23.7 Å². The van der Waals surface area contributed by atoms with Crippen molar-refractivity contribution in [3.8, 4) is 11.3 Å². The van der Waals surface area contributed by atoms with Crippen molar-refractivity contribution in [1.82, 2.24) is 14.9 Å². The second-order valence-corrected chi connectivity index (χ2v) is 6.59. The fourth-order valence-corrected chi connectivity index (χ4v) is 3.37. The number of rotatable bonds is 2. The van der Waals surface area contributed by atoms with E-state index in [1.165, 1.54) is 0 Å². The Morgan fingerprint density at radius 2 is 2.00 bits per heavy atom. The number of pyridine rings is 2. The minimum absolute atomic E-state index is 0.0382. The van der Waals surface area contributed by atoms with Crippen LogP contribution in [0.3, 0.4) is 0 Å². The van der Waals surface area contributed by atoms with E-state index in [4.69, 9.17) is 9.72 Å². The summed E-state index contributed by atoms with van der Waals surface area (Å²) in [5, 5.41) is 0.883. The van der Waals surface area contributed by atoms with E-state index in [1.54, 1.807) is 12.4 Å². The summed E-state index contributed by atoms with van der Waals surface area (Å²) in [4.78, 5) is 24.0. The summed E-state index contributed by atoms with van der Waals surface area (Å²) in [5.41, 5.74) is 3.25. The molecule has 3 aromatic rings. The summed E-state index contributed by atoms with van der Waals surface area (Å²) >= 11 is 0. The van der Waals surface area contributed by atoms with Crippen LogP contribution in [0.25, 0.3) is 22.2 Å². The average Bonchev–Trinajstić information content (AvgIpc) is 2.91. The Kier molecular flexibility index (Phi) is 4.63. The number of hydrogen-bond donors (Lipinski definition) is 0. The van der Waals surface area contributed by atoms with Crippen LogP contribution < -0.4 is 0 Å². The molecule has 1 fully saturated rings. The Balaban J connectivity index is 1.81. The topological polar surface area (TPSA) is 55.3 Å². The van der Waals surface area contributed by atoms with Crippen molar-refractivity contribution in [2.24, 2.45) is 0 Å². The van der Waals surface area contributed by atoms with E-state index in [-0.39, 0.29) is 12.0 Å². The third kappa shape index (κ3) is 3.30. The van der Waals surface area contributed by atoms with Gasteiger partial charge in [0.2, 0.25) is 0 Å². The largest absolute Gasteiger partial charge is 0.377 e. The lowest BCUT2D eigenvalue weighted by Crippen LogP contribution is -2.36. The maximum Gasteiger partial charge on any atom is 0.254 e. The highest BCUT2D eigenvalue weighted by atomic mass is 16.5. The molecule has 5 nitrogen and oxygen atoms in total. The number of fused-ring (bicyclic) bond motifs is 1. The first kappa shape index (κ1) is 16.7. The first-order valence-electron chi connectivity index (χ1n) is 8.93. The molecule has 132 valence electrons. The van der Waals surface area contributed by atoms with E-state index < -0.39 is 0 Å². The minimum atomic E-state index is 0.0382. The van der Waals surface area contributed by atoms with Gasteiger partial charge in [-0.3, -0.25) is 9.78 Å². The number of hydrogen-bond acceptors (Lipinski definition) is 4. The molecule has 1 aliphatic heterocycles. The smallest absolute Gasteiger partial charge is 0.254 e. The molecule has 0 unspecified atom stereocenters. The Morgan fingerprint density at radius 3 is 2.85 bits per heavy atom. The van der Waals surface area contributed by atoms with Gasteiger partial charge in [-0.1, -0.05) is 18.2 Å². The lowest BCUT2D eigenvalue weighted by atomic mass is 10.0. The zero-order valence-electron chi connectivity index (χ0n) is 14.8. The Labute approximate surface area is 152 Å². The van der Waals surface area contributed by atoms with Gasteiger partial charge >= 0.3 is 0 Å². The van der Waals surface area contributed by atoms with Crippen molar-refractivity contribution in [3.05, 3.63) is 60.4 Å². The van der Waals surface area contributed by atoms with E-state index in [1.807, 2.05) is 54.3 Å². The number of benzene rings is 1. The fraction of sp³-hybridized carbons (Fsp3) is 0.286. The van der Waals surface area contributed by atoms with Crippen molar-refractivity contribution >= 4 is 16.8 Å². The van der Waals surface area contributed by atoms with Crippen LogP contribution in [-0.4, -0.2) is 46.6 Å². The normalized spacial score (nSPS) is 17.9. The number of carbonyl (C=O) groups excluding carboxylic acids is 1. The van der Waals surface area contributed by atoms with Crippen molar-refractivity contribution in [3.63, 3.8) is 0 Å². The molecule has 1 saturated heterocycles. The number of nitrogens with zero attached hydrogens (tertiary/aromatic N) is 3. The van der Waals surface area contributed by atoms with E-state index >= 15 is 0 Å². The standard InChI is InChI=1S/C21H21N3O2/c1-15-14-24(11-4-12-26-15)21(25)18-13-20(16-7-9-22-10-8-16)23-19-6-3-2-5-17(18)19/h2-3,5-10,13,15H,4,11-12,14H2,1H3/t15-/m1/s1. The highest BCUT2D eigenvalue weighted by Gasteiger charge is 2.23.